The third kappa shape index (κ3) is 4.36. The van der Waals surface area contributed by atoms with Crippen molar-refractivity contribution >= 4 is 0 Å². The molecule has 0 N–H and O–H groups in total. The minimum absolute atomic E-state index is 0.176. The topological polar surface area (TPSA) is 43.4 Å². The van der Waals surface area contributed by atoms with Crippen molar-refractivity contribution in [2.24, 2.45) is 5.41 Å². The summed E-state index contributed by atoms with van der Waals surface area (Å²) in [5.74, 6) is 0.0517. The molecule has 3 heteroatoms. The van der Waals surface area contributed by atoms with E-state index in [1.807, 2.05) is 0 Å². The molecule has 0 aliphatic carbocycles. The van der Waals surface area contributed by atoms with Crippen LogP contribution in [0, 0.1) is 5.41 Å². The molecule has 86 valence electrons. The van der Waals surface area contributed by atoms with Crippen LogP contribution in [-0.2, 0) is 6.42 Å². The maximum absolute atomic E-state index is 10.7. The van der Waals surface area contributed by atoms with Crippen LogP contribution < -0.4 is 5.82 Å². The number of hydrogen-bond acceptors (Lipinski definition) is 3. The van der Waals surface area contributed by atoms with E-state index in [1.54, 1.807) is 0 Å². The Morgan fingerprint density at radius 3 is 2.60 bits per heavy atom. The zero-order valence-corrected chi connectivity index (χ0v) is 9.84. The summed E-state index contributed by atoms with van der Waals surface area (Å²) in [6, 6.07) is 0. The minimum Gasteiger partial charge on any atom is -0.399 e. The van der Waals surface area contributed by atoms with Gasteiger partial charge in [0.1, 0.15) is 12.0 Å². The normalized spacial score (nSPS) is 11.9. The Bertz CT molecular complexity index is 333. The van der Waals surface area contributed by atoms with Crippen molar-refractivity contribution in [1.29, 1.82) is 0 Å². The van der Waals surface area contributed by atoms with Gasteiger partial charge in [0.15, 0.2) is 0 Å². The molecule has 0 atom stereocenters. The summed E-state index contributed by atoms with van der Waals surface area (Å²) in [6.45, 7) is 6.58. The maximum atomic E-state index is 10.7. The molecule has 0 aliphatic rings. The van der Waals surface area contributed by atoms with E-state index in [4.69, 9.17) is 4.42 Å². The van der Waals surface area contributed by atoms with Crippen LogP contribution in [0.5, 0.6) is 0 Å². The quantitative estimate of drug-likeness (QED) is 0.679. The molecule has 0 fully saturated rings. The van der Waals surface area contributed by atoms with Gasteiger partial charge in [-0.3, -0.25) is 0 Å². The number of hydrogen-bond donors (Lipinski definition) is 0. The smallest absolute Gasteiger partial charge is 0.399 e. The Labute approximate surface area is 90.5 Å². The van der Waals surface area contributed by atoms with Crippen molar-refractivity contribution < 1.29 is 8.83 Å². The lowest BCUT2D eigenvalue weighted by atomic mass is 9.83. The van der Waals surface area contributed by atoms with E-state index in [9.17, 15) is 4.79 Å². The van der Waals surface area contributed by atoms with Crippen molar-refractivity contribution in [3.05, 3.63) is 22.6 Å². The first-order chi connectivity index (χ1) is 7.03. The number of unbranched alkanes of at least 4 members (excludes halogenated alkanes) is 2. The summed E-state index contributed by atoms with van der Waals surface area (Å²) >= 11 is 0. The lowest BCUT2D eigenvalue weighted by Crippen LogP contribution is -2.14. The fraction of sp³-hybridized carbons (Fsp3) is 0.750. The lowest BCUT2D eigenvalue weighted by Gasteiger charge is -2.22. The molecule has 0 amide bonds. The van der Waals surface area contributed by atoms with Crippen LogP contribution in [0.3, 0.4) is 0 Å². The Morgan fingerprint density at radius 1 is 1.33 bits per heavy atom. The van der Waals surface area contributed by atoms with Crippen LogP contribution in [-0.4, -0.2) is 0 Å². The van der Waals surface area contributed by atoms with Crippen LogP contribution in [0.15, 0.2) is 19.9 Å². The summed E-state index contributed by atoms with van der Waals surface area (Å²) in [4.78, 5) is 10.7. The molecule has 1 heterocycles. The summed E-state index contributed by atoms with van der Waals surface area (Å²) in [6.07, 6.45) is 7.06. The van der Waals surface area contributed by atoms with Crippen molar-refractivity contribution in [3.8, 4) is 0 Å². The molecule has 0 radical (unpaired) electrons. The predicted molar refractivity (Wildman–Crippen MR) is 58.9 cm³/mol. The van der Waals surface area contributed by atoms with Gasteiger partial charge in [-0.05, 0) is 11.8 Å². The second-order valence-electron chi connectivity index (χ2n) is 4.85. The molecule has 1 aromatic rings. The Morgan fingerprint density at radius 2 is 2.07 bits per heavy atom. The van der Waals surface area contributed by atoms with Crippen LogP contribution in [0.2, 0.25) is 0 Å². The predicted octanol–water partition coefficient (Wildman–Crippen LogP) is 3.38. The molecular weight excluding hydrogens is 192 g/mol. The average molecular weight is 212 g/mol. The van der Waals surface area contributed by atoms with E-state index in [1.165, 1.54) is 25.5 Å². The summed E-state index contributed by atoms with van der Waals surface area (Å²) in [5, 5.41) is 0. The van der Waals surface area contributed by atoms with Gasteiger partial charge in [0.2, 0.25) is 0 Å². The van der Waals surface area contributed by atoms with Crippen LogP contribution in [0.25, 0.3) is 0 Å². The molecule has 1 aromatic heterocycles. The third-order valence-corrected chi connectivity index (χ3v) is 2.61. The van der Waals surface area contributed by atoms with Crippen molar-refractivity contribution in [2.75, 3.05) is 0 Å². The van der Waals surface area contributed by atoms with Gasteiger partial charge in [-0.2, -0.15) is 0 Å². The van der Waals surface area contributed by atoms with Gasteiger partial charge in [-0.15, -0.1) is 0 Å². The Balaban J connectivity index is 2.44. The van der Waals surface area contributed by atoms with Crippen LogP contribution in [0.4, 0.5) is 0 Å². The van der Waals surface area contributed by atoms with Crippen molar-refractivity contribution in [1.82, 2.24) is 0 Å². The van der Waals surface area contributed by atoms with Gasteiger partial charge in [-0.25, -0.2) is 4.79 Å². The zero-order chi connectivity index (χ0) is 11.3. The Kier molecular flexibility index (Phi) is 4.18. The molecule has 3 nitrogen and oxygen atoms in total. The van der Waals surface area contributed by atoms with Crippen molar-refractivity contribution in [2.45, 2.75) is 52.9 Å². The molecule has 0 saturated heterocycles. The summed E-state index contributed by atoms with van der Waals surface area (Å²) < 4.78 is 9.52. The SMILES string of the molecule is CCCCCC(C)(C)Cc1coc(=O)o1. The van der Waals surface area contributed by atoms with E-state index in [2.05, 4.69) is 25.2 Å². The molecule has 0 unspecified atom stereocenters. The van der Waals surface area contributed by atoms with Gasteiger partial charge in [-0.1, -0.05) is 40.0 Å². The van der Waals surface area contributed by atoms with Gasteiger partial charge in [0.25, 0.3) is 0 Å². The minimum atomic E-state index is -0.602. The first kappa shape index (κ1) is 12.1. The van der Waals surface area contributed by atoms with E-state index in [0.29, 0.717) is 5.76 Å². The van der Waals surface area contributed by atoms with E-state index in [-0.39, 0.29) is 5.41 Å². The first-order valence-electron chi connectivity index (χ1n) is 5.61. The van der Waals surface area contributed by atoms with Crippen molar-refractivity contribution in [3.63, 3.8) is 0 Å². The van der Waals surface area contributed by atoms with E-state index < -0.39 is 5.82 Å². The first-order valence-corrected chi connectivity index (χ1v) is 5.61. The largest absolute Gasteiger partial charge is 0.518 e. The Hall–Kier alpha value is -0.990. The maximum Gasteiger partial charge on any atom is 0.518 e. The molecule has 0 aliphatic heterocycles. The molecular formula is C12H20O3. The second-order valence-corrected chi connectivity index (χ2v) is 4.85. The molecule has 0 spiro atoms. The third-order valence-electron chi connectivity index (χ3n) is 2.61. The van der Waals surface area contributed by atoms with E-state index >= 15 is 0 Å². The zero-order valence-electron chi connectivity index (χ0n) is 9.84. The molecule has 0 saturated carbocycles. The highest BCUT2D eigenvalue weighted by atomic mass is 16.6. The molecule has 15 heavy (non-hydrogen) atoms. The van der Waals surface area contributed by atoms with Gasteiger partial charge < -0.3 is 8.83 Å². The van der Waals surface area contributed by atoms with Gasteiger partial charge in [0, 0.05) is 6.42 Å². The molecule has 0 bridgehead atoms. The van der Waals surface area contributed by atoms with Crippen LogP contribution >= 0.6 is 0 Å². The molecule has 0 aromatic carbocycles. The van der Waals surface area contributed by atoms with Crippen LogP contribution in [0.1, 0.15) is 52.2 Å². The fourth-order valence-corrected chi connectivity index (χ4v) is 1.76. The summed E-state index contributed by atoms with van der Waals surface area (Å²) in [7, 11) is 0. The van der Waals surface area contributed by atoms with Gasteiger partial charge in [0.05, 0.1) is 0 Å². The second kappa shape index (κ2) is 5.19. The van der Waals surface area contributed by atoms with E-state index in [0.717, 1.165) is 12.8 Å². The highest BCUT2D eigenvalue weighted by Gasteiger charge is 2.20. The monoisotopic (exact) mass is 212 g/mol. The average Bonchev–Trinajstić information content (AvgIpc) is 2.50. The highest BCUT2D eigenvalue weighted by Crippen LogP contribution is 2.28. The molecule has 1 rings (SSSR count). The standard InChI is InChI=1S/C12H20O3/c1-4-5-6-7-12(2,3)8-10-9-14-11(13)15-10/h9H,4-8H2,1-3H3. The highest BCUT2D eigenvalue weighted by molar-refractivity contribution is 4.91. The van der Waals surface area contributed by atoms with Gasteiger partial charge >= 0.3 is 5.82 Å². The summed E-state index contributed by atoms with van der Waals surface area (Å²) in [5.41, 5.74) is 0.176. The lowest BCUT2D eigenvalue weighted by molar-refractivity contribution is 0.286. The number of rotatable bonds is 6. The fourth-order valence-electron chi connectivity index (χ4n) is 1.76.